The molecule has 0 spiro atoms. The summed E-state index contributed by atoms with van der Waals surface area (Å²) in [7, 11) is 0. The molecule has 0 radical (unpaired) electrons. The van der Waals surface area contributed by atoms with Gasteiger partial charge in [0.25, 0.3) is 0 Å². The number of benzene rings is 1. The largest absolute Gasteiger partial charge is 0.493 e. The standard InChI is InChI=1S/C16H21NO2/c1-2-15(18)17-9-7-12-4-3-11-5-6-14-13(16(11)12)8-10-19-14/h5-6,12H,2-4,7-10H2,1H3,(H,17,18)/t12-/m0/s1/i1D3,2D2. The number of hydrogen-bond acceptors (Lipinski definition) is 2. The van der Waals surface area contributed by atoms with Gasteiger partial charge in [-0.2, -0.15) is 0 Å². The van der Waals surface area contributed by atoms with E-state index < -0.39 is 19.1 Å². The van der Waals surface area contributed by atoms with Gasteiger partial charge in [-0.3, -0.25) is 4.79 Å². The van der Waals surface area contributed by atoms with Crippen LogP contribution in [0.3, 0.4) is 0 Å². The summed E-state index contributed by atoms with van der Waals surface area (Å²) in [4.78, 5) is 11.9. The fraction of sp³-hybridized carbons (Fsp3) is 0.562. The zero-order valence-corrected chi connectivity index (χ0v) is 10.8. The topological polar surface area (TPSA) is 38.3 Å². The fourth-order valence-corrected chi connectivity index (χ4v) is 3.24. The van der Waals surface area contributed by atoms with Crippen molar-refractivity contribution in [1.82, 2.24) is 5.32 Å². The van der Waals surface area contributed by atoms with Crippen LogP contribution in [-0.4, -0.2) is 19.1 Å². The third-order valence-electron chi connectivity index (χ3n) is 4.08. The first kappa shape index (κ1) is 7.93. The first-order valence-electron chi connectivity index (χ1n) is 9.27. The van der Waals surface area contributed by atoms with Gasteiger partial charge < -0.3 is 10.1 Å². The molecule has 1 aliphatic heterocycles. The van der Waals surface area contributed by atoms with Gasteiger partial charge in [0.15, 0.2) is 0 Å². The van der Waals surface area contributed by atoms with Crippen LogP contribution in [0, 0.1) is 0 Å². The number of carbonyl (C=O) groups excluding carboxylic acids is 1. The molecule has 2 aliphatic rings. The van der Waals surface area contributed by atoms with Gasteiger partial charge in [0.1, 0.15) is 5.75 Å². The molecular weight excluding hydrogens is 238 g/mol. The van der Waals surface area contributed by atoms with Crippen LogP contribution in [0.1, 0.15) is 55.5 Å². The minimum absolute atomic E-state index is 0.267. The van der Waals surface area contributed by atoms with E-state index in [1.807, 2.05) is 6.07 Å². The first-order valence-corrected chi connectivity index (χ1v) is 6.77. The lowest BCUT2D eigenvalue weighted by atomic mass is 9.92. The van der Waals surface area contributed by atoms with Crippen LogP contribution in [0.25, 0.3) is 0 Å². The molecule has 3 nitrogen and oxygen atoms in total. The molecule has 3 rings (SSSR count). The molecule has 0 unspecified atom stereocenters. The quantitative estimate of drug-likeness (QED) is 0.907. The van der Waals surface area contributed by atoms with Crippen molar-refractivity contribution in [3.8, 4) is 5.75 Å². The van der Waals surface area contributed by atoms with E-state index in [-0.39, 0.29) is 6.54 Å². The van der Waals surface area contributed by atoms with Gasteiger partial charge in [0.2, 0.25) is 5.91 Å². The molecule has 1 N–H and O–H groups in total. The van der Waals surface area contributed by atoms with Gasteiger partial charge in [0, 0.05) is 31.8 Å². The van der Waals surface area contributed by atoms with Crippen LogP contribution in [0.15, 0.2) is 12.1 Å². The summed E-state index contributed by atoms with van der Waals surface area (Å²) >= 11 is 0. The third-order valence-corrected chi connectivity index (χ3v) is 4.08. The molecule has 1 atom stereocenters. The number of hydrogen-bond donors (Lipinski definition) is 1. The van der Waals surface area contributed by atoms with Gasteiger partial charge >= 0.3 is 0 Å². The Hall–Kier alpha value is -1.51. The Kier molecular flexibility index (Phi) is 2.19. The summed E-state index contributed by atoms with van der Waals surface area (Å²) in [6.45, 7) is -1.99. The van der Waals surface area contributed by atoms with Crippen LogP contribution in [-0.2, 0) is 17.6 Å². The number of fused-ring (bicyclic) bond motifs is 3. The number of carbonyl (C=O) groups is 1. The van der Waals surface area contributed by atoms with Crippen molar-refractivity contribution in [2.24, 2.45) is 0 Å². The molecule has 1 aromatic carbocycles. The van der Waals surface area contributed by atoms with Crippen molar-refractivity contribution >= 4 is 5.91 Å². The Balaban J connectivity index is 1.63. The Labute approximate surface area is 121 Å². The van der Waals surface area contributed by atoms with Crippen LogP contribution in [0.5, 0.6) is 5.75 Å². The summed E-state index contributed by atoms with van der Waals surface area (Å²) in [6, 6.07) is 4.13. The van der Waals surface area contributed by atoms with Gasteiger partial charge in [0.05, 0.1) is 6.61 Å². The van der Waals surface area contributed by atoms with Gasteiger partial charge in [-0.05, 0) is 42.4 Å². The molecular formula is C16H21NO2. The van der Waals surface area contributed by atoms with Crippen LogP contribution in [0.4, 0.5) is 0 Å². The molecule has 0 saturated carbocycles. The average molecular weight is 264 g/mol. The highest BCUT2D eigenvalue weighted by Gasteiger charge is 2.29. The smallest absolute Gasteiger partial charge is 0.219 e. The monoisotopic (exact) mass is 264 g/mol. The third kappa shape index (κ3) is 2.34. The number of rotatable bonds is 4. The second kappa shape index (κ2) is 5.24. The van der Waals surface area contributed by atoms with E-state index in [1.165, 1.54) is 16.7 Å². The molecule has 1 amide bonds. The molecule has 0 bridgehead atoms. The summed E-state index contributed by atoms with van der Waals surface area (Å²) in [6.07, 6.45) is 0.704. The molecule has 1 heterocycles. The van der Waals surface area contributed by atoms with Gasteiger partial charge in [-0.15, -0.1) is 0 Å². The summed E-state index contributed by atoms with van der Waals surface area (Å²) in [5.74, 6) is 0.182. The molecule has 1 aromatic rings. The van der Waals surface area contributed by atoms with Crippen molar-refractivity contribution in [2.75, 3.05) is 13.2 Å². The van der Waals surface area contributed by atoms with E-state index in [0.717, 1.165) is 25.0 Å². The maximum Gasteiger partial charge on any atom is 0.219 e. The Morgan fingerprint density at radius 3 is 3.42 bits per heavy atom. The van der Waals surface area contributed by atoms with Crippen molar-refractivity contribution in [3.05, 3.63) is 28.8 Å². The maximum absolute atomic E-state index is 11.9. The zero-order valence-electron chi connectivity index (χ0n) is 15.8. The minimum atomic E-state index is -2.96. The highest BCUT2D eigenvalue weighted by atomic mass is 16.5. The highest BCUT2D eigenvalue weighted by molar-refractivity contribution is 5.75. The highest BCUT2D eigenvalue weighted by Crippen LogP contribution is 2.42. The molecule has 102 valence electrons. The Morgan fingerprint density at radius 2 is 2.53 bits per heavy atom. The van der Waals surface area contributed by atoms with Crippen molar-refractivity contribution in [3.63, 3.8) is 0 Å². The van der Waals surface area contributed by atoms with Crippen LogP contribution >= 0.6 is 0 Å². The lowest BCUT2D eigenvalue weighted by molar-refractivity contribution is -0.120. The summed E-state index contributed by atoms with van der Waals surface area (Å²) in [5.41, 5.74) is 3.91. The Bertz CT molecular complexity index is 657. The van der Waals surface area contributed by atoms with Crippen LogP contribution in [0.2, 0.25) is 0 Å². The maximum atomic E-state index is 11.9. The summed E-state index contributed by atoms with van der Waals surface area (Å²) in [5, 5.41) is 2.45. The number of amides is 1. The molecule has 0 fully saturated rings. The summed E-state index contributed by atoms with van der Waals surface area (Å²) < 4.78 is 41.9. The van der Waals surface area contributed by atoms with E-state index in [1.54, 1.807) is 0 Å². The Morgan fingerprint density at radius 1 is 1.58 bits per heavy atom. The molecule has 0 saturated heterocycles. The molecule has 19 heavy (non-hydrogen) atoms. The minimum Gasteiger partial charge on any atom is -0.493 e. The number of aryl methyl sites for hydroxylation is 1. The fourth-order valence-electron chi connectivity index (χ4n) is 3.24. The normalized spacial score (nSPS) is 25.1. The van der Waals surface area contributed by atoms with Gasteiger partial charge in [-0.25, -0.2) is 0 Å². The van der Waals surface area contributed by atoms with E-state index in [2.05, 4.69) is 11.4 Å². The SMILES string of the molecule is [2H]C([2H])([2H])C([2H])([2H])C(=O)NCC[C@@H]1CCc2ccc3c(c21)CCO3. The van der Waals surface area contributed by atoms with Crippen molar-refractivity contribution in [1.29, 1.82) is 0 Å². The predicted octanol–water partition coefficient (Wildman–Crippen LogP) is 2.57. The molecule has 3 heteroatoms. The number of nitrogens with one attached hydrogen (secondary N) is 1. The molecule has 1 aliphatic carbocycles. The van der Waals surface area contributed by atoms with E-state index >= 15 is 0 Å². The van der Waals surface area contributed by atoms with E-state index in [9.17, 15) is 4.79 Å². The van der Waals surface area contributed by atoms with Crippen molar-refractivity contribution in [2.45, 2.75) is 44.8 Å². The van der Waals surface area contributed by atoms with Gasteiger partial charge in [-0.1, -0.05) is 12.9 Å². The van der Waals surface area contributed by atoms with E-state index in [0.29, 0.717) is 18.9 Å². The average Bonchev–Trinajstić information content (AvgIpc) is 3.11. The zero-order chi connectivity index (χ0) is 17.5. The van der Waals surface area contributed by atoms with Crippen LogP contribution < -0.4 is 10.1 Å². The number of ether oxygens (including phenoxy) is 1. The lowest BCUT2D eigenvalue weighted by Crippen LogP contribution is -2.24. The van der Waals surface area contributed by atoms with E-state index in [4.69, 9.17) is 11.6 Å². The molecule has 0 aromatic heterocycles. The van der Waals surface area contributed by atoms with Crippen molar-refractivity contribution < 1.29 is 16.4 Å². The lowest BCUT2D eigenvalue weighted by Gasteiger charge is -2.15. The second-order valence-corrected chi connectivity index (χ2v) is 5.12. The first-order chi connectivity index (χ1) is 11.2. The second-order valence-electron chi connectivity index (χ2n) is 5.12. The predicted molar refractivity (Wildman–Crippen MR) is 74.6 cm³/mol.